The van der Waals surface area contributed by atoms with Gasteiger partial charge in [0.1, 0.15) is 0 Å². The van der Waals surface area contributed by atoms with Gasteiger partial charge in [-0.1, -0.05) is 12.1 Å². The van der Waals surface area contributed by atoms with Gasteiger partial charge >= 0.3 is 0 Å². The number of carbonyl (C=O) groups excluding carboxylic acids is 1. The molecule has 0 radical (unpaired) electrons. The van der Waals surface area contributed by atoms with Gasteiger partial charge in [0.05, 0.1) is 12.2 Å². The van der Waals surface area contributed by atoms with E-state index in [1.54, 1.807) is 17.5 Å². The number of H-pyrrole nitrogens is 1. The predicted molar refractivity (Wildman–Crippen MR) is 87.4 cm³/mol. The van der Waals surface area contributed by atoms with Gasteiger partial charge in [-0.05, 0) is 32.4 Å². The summed E-state index contributed by atoms with van der Waals surface area (Å²) in [7, 11) is 0. The van der Waals surface area contributed by atoms with Crippen molar-refractivity contribution in [3.63, 3.8) is 0 Å². The molecule has 21 heavy (non-hydrogen) atoms. The second-order valence-electron chi connectivity index (χ2n) is 5.19. The van der Waals surface area contributed by atoms with Crippen molar-refractivity contribution in [3.05, 3.63) is 46.1 Å². The minimum absolute atomic E-state index is 0.0654. The van der Waals surface area contributed by atoms with Crippen molar-refractivity contribution in [2.75, 3.05) is 11.9 Å². The first kappa shape index (κ1) is 13.8. The molecule has 0 amide bonds. The zero-order valence-electron chi connectivity index (χ0n) is 12.3. The Morgan fingerprint density at radius 1 is 1.33 bits per heavy atom. The molecule has 4 nitrogen and oxygen atoms in total. The molecule has 3 rings (SSSR count). The van der Waals surface area contributed by atoms with Gasteiger partial charge in [0.15, 0.2) is 10.9 Å². The van der Waals surface area contributed by atoms with Crippen LogP contribution in [0.5, 0.6) is 0 Å². The zero-order chi connectivity index (χ0) is 15.0. The Morgan fingerprint density at radius 2 is 2.14 bits per heavy atom. The van der Waals surface area contributed by atoms with Crippen LogP contribution in [0.3, 0.4) is 0 Å². The van der Waals surface area contributed by atoms with Crippen LogP contribution in [0.25, 0.3) is 10.9 Å². The Hall–Kier alpha value is -2.14. The number of hydrogen-bond acceptors (Lipinski definition) is 4. The van der Waals surface area contributed by atoms with Crippen LogP contribution < -0.4 is 5.32 Å². The molecule has 0 aliphatic rings. The number of anilines is 1. The van der Waals surface area contributed by atoms with Crippen molar-refractivity contribution in [1.82, 2.24) is 9.97 Å². The summed E-state index contributed by atoms with van der Waals surface area (Å²) in [6.07, 6.45) is 1.78. The Kier molecular flexibility index (Phi) is 3.51. The van der Waals surface area contributed by atoms with E-state index in [0.717, 1.165) is 27.3 Å². The van der Waals surface area contributed by atoms with Crippen molar-refractivity contribution >= 4 is 33.2 Å². The number of aryl methyl sites for hydroxylation is 3. The molecule has 3 aromatic rings. The van der Waals surface area contributed by atoms with Crippen molar-refractivity contribution in [2.24, 2.45) is 0 Å². The monoisotopic (exact) mass is 299 g/mol. The van der Waals surface area contributed by atoms with E-state index in [4.69, 9.17) is 0 Å². The minimum Gasteiger partial charge on any atom is -0.360 e. The molecule has 0 aliphatic heterocycles. The van der Waals surface area contributed by atoms with Crippen LogP contribution in [0.1, 0.15) is 26.5 Å². The number of rotatable bonds is 4. The van der Waals surface area contributed by atoms with Crippen molar-refractivity contribution < 1.29 is 4.79 Å². The van der Waals surface area contributed by atoms with Crippen LogP contribution in [0.2, 0.25) is 0 Å². The lowest BCUT2D eigenvalue weighted by Gasteiger charge is -2.01. The topological polar surface area (TPSA) is 57.8 Å². The van der Waals surface area contributed by atoms with E-state index in [1.807, 2.05) is 39.0 Å². The SMILES string of the molecule is Cc1ccc2c(C(=O)CNc3nc(C)c(C)s3)c[nH]c2c1. The molecule has 2 N–H and O–H groups in total. The van der Waals surface area contributed by atoms with Crippen LogP contribution in [-0.4, -0.2) is 22.3 Å². The summed E-state index contributed by atoms with van der Waals surface area (Å²) in [5, 5.41) is 4.89. The van der Waals surface area contributed by atoms with Crippen molar-refractivity contribution in [1.29, 1.82) is 0 Å². The molecule has 5 heteroatoms. The van der Waals surface area contributed by atoms with Gasteiger partial charge < -0.3 is 10.3 Å². The maximum atomic E-state index is 12.4. The maximum Gasteiger partial charge on any atom is 0.184 e. The van der Waals surface area contributed by atoms with Crippen LogP contribution in [0, 0.1) is 20.8 Å². The maximum absolute atomic E-state index is 12.4. The van der Waals surface area contributed by atoms with Gasteiger partial charge in [-0.15, -0.1) is 11.3 Å². The fourth-order valence-electron chi connectivity index (χ4n) is 2.27. The molecule has 0 spiro atoms. The normalized spacial score (nSPS) is 11.0. The number of thiazole rings is 1. The molecule has 0 saturated heterocycles. The lowest BCUT2D eigenvalue weighted by molar-refractivity contribution is 0.101. The van der Waals surface area contributed by atoms with Gasteiger partial charge in [-0.3, -0.25) is 4.79 Å². The number of hydrogen-bond donors (Lipinski definition) is 2. The van der Waals surface area contributed by atoms with E-state index in [9.17, 15) is 4.79 Å². The first-order valence-electron chi connectivity index (χ1n) is 6.83. The second kappa shape index (κ2) is 5.33. The summed E-state index contributed by atoms with van der Waals surface area (Å²) in [5.74, 6) is 0.0654. The van der Waals surface area contributed by atoms with E-state index in [0.29, 0.717) is 0 Å². The van der Waals surface area contributed by atoms with Gasteiger partial charge in [0.2, 0.25) is 0 Å². The summed E-state index contributed by atoms with van der Waals surface area (Å²) >= 11 is 1.58. The van der Waals surface area contributed by atoms with E-state index in [2.05, 4.69) is 15.3 Å². The standard InChI is InChI=1S/C16H17N3OS/c1-9-4-5-12-13(7-17-14(12)6-9)15(20)8-18-16-19-10(2)11(3)21-16/h4-7,17H,8H2,1-3H3,(H,18,19). The number of Topliss-reactive ketones (excluding diaryl/α,β-unsaturated/α-hetero) is 1. The molecule has 0 saturated carbocycles. The first-order chi connectivity index (χ1) is 10.0. The lowest BCUT2D eigenvalue weighted by atomic mass is 10.1. The highest BCUT2D eigenvalue weighted by Crippen LogP contribution is 2.22. The number of nitrogens with one attached hydrogen (secondary N) is 2. The lowest BCUT2D eigenvalue weighted by Crippen LogP contribution is -2.13. The number of ketones is 1. The number of benzene rings is 1. The molecule has 0 bridgehead atoms. The van der Waals surface area contributed by atoms with E-state index < -0.39 is 0 Å². The smallest absolute Gasteiger partial charge is 0.184 e. The quantitative estimate of drug-likeness (QED) is 0.720. The Balaban J connectivity index is 1.78. The molecular weight excluding hydrogens is 282 g/mol. The second-order valence-corrected chi connectivity index (χ2v) is 6.39. The van der Waals surface area contributed by atoms with Gasteiger partial charge in [0, 0.05) is 27.5 Å². The van der Waals surface area contributed by atoms with Crippen LogP contribution >= 0.6 is 11.3 Å². The highest BCUT2D eigenvalue weighted by molar-refractivity contribution is 7.15. The van der Waals surface area contributed by atoms with Crippen molar-refractivity contribution in [2.45, 2.75) is 20.8 Å². The van der Waals surface area contributed by atoms with Gasteiger partial charge in [-0.25, -0.2) is 4.98 Å². The van der Waals surface area contributed by atoms with E-state index in [-0.39, 0.29) is 12.3 Å². The summed E-state index contributed by atoms with van der Waals surface area (Å²) in [6, 6.07) is 6.06. The van der Waals surface area contributed by atoms with Crippen LogP contribution in [0.15, 0.2) is 24.4 Å². The molecule has 1 aromatic carbocycles. The number of carbonyl (C=O) groups is 1. The predicted octanol–water partition coefficient (Wildman–Crippen LogP) is 3.84. The van der Waals surface area contributed by atoms with Gasteiger partial charge in [0.25, 0.3) is 0 Å². The highest BCUT2D eigenvalue weighted by Gasteiger charge is 2.13. The molecule has 2 heterocycles. The summed E-state index contributed by atoms with van der Waals surface area (Å²) in [6.45, 7) is 6.30. The number of aromatic amines is 1. The number of aromatic nitrogens is 2. The molecular formula is C16H17N3OS. The first-order valence-corrected chi connectivity index (χ1v) is 7.65. The van der Waals surface area contributed by atoms with Crippen LogP contribution in [-0.2, 0) is 0 Å². The van der Waals surface area contributed by atoms with E-state index >= 15 is 0 Å². The Bertz CT molecular complexity index is 797. The van der Waals surface area contributed by atoms with Crippen molar-refractivity contribution in [3.8, 4) is 0 Å². The Labute approximate surface area is 127 Å². The Morgan fingerprint density at radius 3 is 2.86 bits per heavy atom. The third kappa shape index (κ3) is 2.69. The molecule has 0 aliphatic carbocycles. The number of nitrogens with zero attached hydrogens (tertiary/aromatic N) is 1. The fraction of sp³-hybridized carbons (Fsp3) is 0.250. The largest absolute Gasteiger partial charge is 0.360 e. The molecule has 0 unspecified atom stereocenters. The van der Waals surface area contributed by atoms with Gasteiger partial charge in [-0.2, -0.15) is 0 Å². The summed E-state index contributed by atoms with van der Waals surface area (Å²) < 4.78 is 0. The fourth-order valence-corrected chi connectivity index (χ4v) is 3.08. The molecule has 0 fully saturated rings. The average Bonchev–Trinajstić information content (AvgIpc) is 3.00. The highest BCUT2D eigenvalue weighted by atomic mass is 32.1. The van der Waals surface area contributed by atoms with Crippen LogP contribution in [0.4, 0.5) is 5.13 Å². The molecule has 2 aromatic heterocycles. The number of fused-ring (bicyclic) bond motifs is 1. The molecule has 108 valence electrons. The third-order valence-electron chi connectivity index (χ3n) is 3.57. The molecule has 0 atom stereocenters. The minimum atomic E-state index is 0.0654. The van der Waals surface area contributed by atoms with E-state index in [1.165, 1.54) is 10.4 Å². The summed E-state index contributed by atoms with van der Waals surface area (Å²) in [4.78, 5) is 21.1. The zero-order valence-corrected chi connectivity index (χ0v) is 13.1. The average molecular weight is 299 g/mol. The third-order valence-corrected chi connectivity index (χ3v) is 4.60. The summed E-state index contributed by atoms with van der Waals surface area (Å²) in [5.41, 5.74) is 3.91.